The number of likely N-dealkylation sites (N-methyl/N-ethyl adjacent to an activating group) is 1. The van der Waals surface area contributed by atoms with E-state index in [1.807, 2.05) is 31.0 Å². The van der Waals surface area contributed by atoms with Crippen LogP contribution in [0.1, 0.15) is 5.56 Å². The lowest BCUT2D eigenvalue weighted by atomic mass is 10.1. The Bertz CT molecular complexity index is 377. The summed E-state index contributed by atoms with van der Waals surface area (Å²) in [6.45, 7) is 2.30. The van der Waals surface area contributed by atoms with Gasteiger partial charge in [0.2, 0.25) is 0 Å². The molecule has 0 unspecified atom stereocenters. The van der Waals surface area contributed by atoms with E-state index in [0.717, 1.165) is 23.3 Å². The Labute approximate surface area is 95.8 Å². The minimum Gasteiger partial charge on any atom is -0.497 e. The third-order valence-corrected chi connectivity index (χ3v) is 2.42. The topological polar surface area (TPSA) is 38.8 Å². The number of aryl methyl sites for hydroxylation is 1. The third kappa shape index (κ3) is 2.45. The Morgan fingerprint density at radius 3 is 2.50 bits per heavy atom. The van der Waals surface area contributed by atoms with Crippen molar-refractivity contribution in [2.45, 2.75) is 6.92 Å². The molecule has 88 valence electrons. The van der Waals surface area contributed by atoms with Crippen LogP contribution in [0.4, 0.5) is 5.69 Å². The molecule has 0 saturated carbocycles. The van der Waals surface area contributed by atoms with Gasteiger partial charge in [-0.05, 0) is 18.6 Å². The van der Waals surface area contributed by atoms with E-state index in [-0.39, 0.29) is 0 Å². The number of benzene rings is 1. The van der Waals surface area contributed by atoms with Crippen LogP contribution in [0.25, 0.3) is 0 Å². The summed E-state index contributed by atoms with van der Waals surface area (Å²) < 4.78 is 10.5. The summed E-state index contributed by atoms with van der Waals surface area (Å²) in [5, 5.41) is 0. The molecule has 0 heterocycles. The first-order chi connectivity index (χ1) is 7.63. The van der Waals surface area contributed by atoms with Crippen LogP contribution >= 0.6 is 0 Å². The molecule has 0 N–H and O–H groups in total. The van der Waals surface area contributed by atoms with E-state index < -0.39 is 0 Å². The van der Waals surface area contributed by atoms with Crippen LogP contribution in [0.15, 0.2) is 12.1 Å². The van der Waals surface area contributed by atoms with E-state index in [4.69, 9.17) is 9.47 Å². The molecule has 0 aromatic heterocycles. The number of anilines is 1. The van der Waals surface area contributed by atoms with E-state index in [1.165, 1.54) is 0 Å². The minimum absolute atomic E-state index is 0.337. The van der Waals surface area contributed by atoms with Crippen molar-refractivity contribution in [3.8, 4) is 11.5 Å². The van der Waals surface area contributed by atoms with Crippen molar-refractivity contribution in [1.29, 1.82) is 0 Å². The van der Waals surface area contributed by atoms with Crippen molar-refractivity contribution in [1.82, 2.24) is 0 Å². The van der Waals surface area contributed by atoms with Gasteiger partial charge in [0.25, 0.3) is 0 Å². The van der Waals surface area contributed by atoms with Crippen molar-refractivity contribution in [2.75, 3.05) is 32.7 Å². The summed E-state index contributed by atoms with van der Waals surface area (Å²) in [5.74, 6) is 1.46. The molecule has 16 heavy (non-hydrogen) atoms. The molecule has 0 bridgehead atoms. The fraction of sp³-hybridized carbons (Fsp3) is 0.417. The summed E-state index contributed by atoms with van der Waals surface area (Å²) in [4.78, 5) is 12.4. The highest BCUT2D eigenvalue weighted by Crippen LogP contribution is 2.35. The standard InChI is InChI=1S/C12H17NO3/c1-9-7-10(15-3)8-11(16-4)12(9)13(2)5-6-14/h6-8H,5H2,1-4H3. The van der Waals surface area contributed by atoms with Crippen molar-refractivity contribution in [3.63, 3.8) is 0 Å². The Morgan fingerprint density at radius 1 is 1.31 bits per heavy atom. The first-order valence-corrected chi connectivity index (χ1v) is 5.01. The molecule has 0 fully saturated rings. The van der Waals surface area contributed by atoms with Crippen molar-refractivity contribution >= 4 is 12.0 Å². The lowest BCUT2D eigenvalue weighted by Crippen LogP contribution is -2.21. The highest BCUT2D eigenvalue weighted by atomic mass is 16.5. The maximum Gasteiger partial charge on any atom is 0.146 e. The Hall–Kier alpha value is -1.71. The largest absolute Gasteiger partial charge is 0.497 e. The summed E-state index contributed by atoms with van der Waals surface area (Å²) >= 11 is 0. The van der Waals surface area contributed by atoms with Crippen LogP contribution in [0.3, 0.4) is 0 Å². The smallest absolute Gasteiger partial charge is 0.146 e. The average Bonchev–Trinajstić information content (AvgIpc) is 2.27. The Balaban J connectivity index is 3.20. The number of ether oxygens (including phenoxy) is 2. The number of hydrogen-bond donors (Lipinski definition) is 0. The summed E-state index contributed by atoms with van der Waals surface area (Å²) in [6, 6.07) is 3.72. The molecule has 0 spiro atoms. The Kier molecular flexibility index (Phi) is 4.17. The molecule has 0 aliphatic heterocycles. The predicted molar refractivity (Wildman–Crippen MR) is 63.6 cm³/mol. The van der Waals surface area contributed by atoms with Crippen LogP contribution < -0.4 is 14.4 Å². The third-order valence-electron chi connectivity index (χ3n) is 2.42. The summed E-state index contributed by atoms with van der Waals surface area (Å²) in [6.07, 6.45) is 0.864. The first-order valence-electron chi connectivity index (χ1n) is 5.01. The van der Waals surface area contributed by atoms with Gasteiger partial charge in [0, 0.05) is 13.1 Å². The van der Waals surface area contributed by atoms with Crippen molar-refractivity contribution < 1.29 is 14.3 Å². The van der Waals surface area contributed by atoms with Crippen LogP contribution in [0.5, 0.6) is 11.5 Å². The maximum absolute atomic E-state index is 10.5. The van der Waals surface area contributed by atoms with E-state index in [2.05, 4.69) is 0 Å². The normalized spacial score (nSPS) is 9.75. The number of hydrogen-bond acceptors (Lipinski definition) is 4. The van der Waals surface area contributed by atoms with Gasteiger partial charge in [-0.1, -0.05) is 0 Å². The number of methoxy groups -OCH3 is 2. The molecule has 1 aromatic rings. The quantitative estimate of drug-likeness (QED) is 0.711. The van der Waals surface area contributed by atoms with Gasteiger partial charge in [-0.2, -0.15) is 0 Å². The first kappa shape index (κ1) is 12.4. The zero-order chi connectivity index (χ0) is 12.1. The van der Waals surface area contributed by atoms with E-state index in [9.17, 15) is 4.79 Å². The van der Waals surface area contributed by atoms with Crippen LogP contribution in [0, 0.1) is 6.92 Å². The second-order valence-corrected chi connectivity index (χ2v) is 3.54. The monoisotopic (exact) mass is 223 g/mol. The Morgan fingerprint density at radius 2 is 2.00 bits per heavy atom. The van der Waals surface area contributed by atoms with E-state index >= 15 is 0 Å². The van der Waals surface area contributed by atoms with Crippen LogP contribution in [0.2, 0.25) is 0 Å². The molecule has 0 saturated heterocycles. The number of nitrogens with zero attached hydrogens (tertiary/aromatic N) is 1. The second-order valence-electron chi connectivity index (χ2n) is 3.54. The molecule has 0 aliphatic rings. The molecule has 0 amide bonds. The molecule has 0 aliphatic carbocycles. The molecule has 4 heteroatoms. The van der Waals surface area contributed by atoms with Gasteiger partial charge in [0.05, 0.1) is 26.5 Å². The zero-order valence-electron chi connectivity index (χ0n) is 10.1. The van der Waals surface area contributed by atoms with Gasteiger partial charge in [-0.25, -0.2) is 0 Å². The van der Waals surface area contributed by atoms with Gasteiger partial charge in [-0.15, -0.1) is 0 Å². The minimum atomic E-state index is 0.337. The van der Waals surface area contributed by atoms with E-state index in [0.29, 0.717) is 12.3 Å². The number of carbonyl (C=O) groups is 1. The average molecular weight is 223 g/mol. The lowest BCUT2D eigenvalue weighted by molar-refractivity contribution is -0.106. The van der Waals surface area contributed by atoms with Crippen LogP contribution in [-0.2, 0) is 4.79 Å². The number of rotatable bonds is 5. The van der Waals surface area contributed by atoms with E-state index in [1.54, 1.807) is 14.2 Å². The van der Waals surface area contributed by atoms with Crippen LogP contribution in [-0.4, -0.2) is 34.1 Å². The van der Waals surface area contributed by atoms with Crippen molar-refractivity contribution in [2.24, 2.45) is 0 Å². The SMILES string of the molecule is COc1cc(C)c(N(C)CC=O)c(OC)c1. The predicted octanol–water partition coefficient (Wildman–Crippen LogP) is 1.65. The van der Waals surface area contributed by atoms with Gasteiger partial charge in [0.1, 0.15) is 17.8 Å². The zero-order valence-corrected chi connectivity index (χ0v) is 10.1. The summed E-state index contributed by atoms with van der Waals surface area (Å²) in [5.41, 5.74) is 1.93. The highest BCUT2D eigenvalue weighted by molar-refractivity contribution is 5.70. The maximum atomic E-state index is 10.5. The second kappa shape index (κ2) is 5.39. The molecule has 4 nitrogen and oxygen atoms in total. The van der Waals surface area contributed by atoms with Gasteiger partial charge in [-0.3, -0.25) is 0 Å². The highest BCUT2D eigenvalue weighted by Gasteiger charge is 2.13. The molecular weight excluding hydrogens is 206 g/mol. The molecule has 0 radical (unpaired) electrons. The fourth-order valence-electron chi connectivity index (χ4n) is 1.68. The molecule has 0 atom stereocenters. The molecule has 1 rings (SSSR count). The lowest BCUT2D eigenvalue weighted by Gasteiger charge is -2.22. The molecular formula is C12H17NO3. The van der Waals surface area contributed by atoms with Crippen molar-refractivity contribution in [3.05, 3.63) is 17.7 Å². The van der Waals surface area contributed by atoms with Gasteiger partial charge >= 0.3 is 0 Å². The van der Waals surface area contributed by atoms with Gasteiger partial charge < -0.3 is 19.2 Å². The van der Waals surface area contributed by atoms with Gasteiger partial charge in [0.15, 0.2) is 0 Å². The number of carbonyl (C=O) groups excluding carboxylic acids is 1. The summed E-state index contributed by atoms with van der Waals surface area (Å²) in [7, 11) is 5.07. The molecule has 1 aromatic carbocycles. The fourth-order valence-corrected chi connectivity index (χ4v) is 1.68. The number of aldehydes is 1.